The first-order valence-electron chi connectivity index (χ1n) is 14.8. The molecule has 3 aromatic heterocycles. The van der Waals surface area contributed by atoms with Gasteiger partial charge >= 0.3 is 12.1 Å². The van der Waals surface area contributed by atoms with Crippen molar-refractivity contribution >= 4 is 39.8 Å². The molecule has 1 aromatic carbocycles. The number of piperazine rings is 1. The summed E-state index contributed by atoms with van der Waals surface area (Å²) in [6, 6.07) is 5.71. The van der Waals surface area contributed by atoms with Gasteiger partial charge in [0.1, 0.15) is 5.52 Å². The number of terminal acetylenes is 1. The van der Waals surface area contributed by atoms with Crippen LogP contribution in [0.4, 0.5) is 24.5 Å². The van der Waals surface area contributed by atoms with E-state index in [2.05, 4.69) is 36.8 Å². The van der Waals surface area contributed by atoms with E-state index in [4.69, 9.17) is 26.0 Å². The van der Waals surface area contributed by atoms with Crippen LogP contribution < -0.4 is 20.3 Å². The van der Waals surface area contributed by atoms with Gasteiger partial charge in [-0.15, -0.1) is 12.3 Å². The van der Waals surface area contributed by atoms with Crippen molar-refractivity contribution in [1.29, 1.82) is 0 Å². The lowest BCUT2D eigenvalue weighted by Gasteiger charge is -2.30. The highest BCUT2D eigenvalue weighted by molar-refractivity contribution is 6.14. The molecular formula is C31H34F3N9O4. The van der Waals surface area contributed by atoms with E-state index >= 15 is 0 Å². The summed E-state index contributed by atoms with van der Waals surface area (Å²) >= 11 is 0. The Labute approximate surface area is 267 Å². The third kappa shape index (κ3) is 7.46. The lowest BCUT2D eigenvalue weighted by Crippen LogP contribution is -2.43. The van der Waals surface area contributed by atoms with Crippen LogP contribution in [0.25, 0.3) is 16.6 Å². The van der Waals surface area contributed by atoms with E-state index in [-0.39, 0.29) is 5.91 Å². The molecule has 5 heterocycles. The Bertz CT molecular complexity index is 1880. The zero-order valence-corrected chi connectivity index (χ0v) is 26.1. The monoisotopic (exact) mass is 653 g/mol. The van der Waals surface area contributed by atoms with Crippen molar-refractivity contribution in [2.75, 3.05) is 43.0 Å². The highest BCUT2D eigenvalue weighted by Crippen LogP contribution is 2.37. The number of aryl methyl sites for hydroxylation is 3. The summed E-state index contributed by atoms with van der Waals surface area (Å²) in [5, 5.41) is 27.6. The van der Waals surface area contributed by atoms with Crippen LogP contribution in [0.5, 0.6) is 5.75 Å². The third-order valence-electron chi connectivity index (χ3n) is 7.94. The van der Waals surface area contributed by atoms with Crippen LogP contribution >= 0.6 is 0 Å². The van der Waals surface area contributed by atoms with Crippen LogP contribution in [-0.2, 0) is 11.8 Å². The summed E-state index contributed by atoms with van der Waals surface area (Å²) in [6.45, 7) is 8.04. The normalized spacial score (nSPS) is 15.2. The molecule has 6 rings (SSSR count). The van der Waals surface area contributed by atoms with E-state index in [1.165, 1.54) is 0 Å². The number of halogens is 3. The number of rotatable bonds is 9. The lowest BCUT2D eigenvalue weighted by molar-refractivity contribution is -0.192. The minimum absolute atomic E-state index is 0.237. The number of carboxylic acids is 1. The molecule has 2 aliphatic heterocycles. The Morgan fingerprint density at radius 3 is 2.51 bits per heavy atom. The van der Waals surface area contributed by atoms with E-state index in [9.17, 15) is 18.0 Å². The number of nitrogens with zero attached hydrogens (tertiary/aromatic N) is 7. The van der Waals surface area contributed by atoms with Crippen molar-refractivity contribution in [1.82, 2.24) is 24.5 Å². The van der Waals surface area contributed by atoms with Gasteiger partial charge < -0.3 is 25.4 Å². The van der Waals surface area contributed by atoms with Gasteiger partial charge in [0.25, 0.3) is 5.91 Å². The van der Waals surface area contributed by atoms with Gasteiger partial charge in [-0.3, -0.25) is 13.9 Å². The zero-order valence-electron chi connectivity index (χ0n) is 26.1. The minimum atomic E-state index is -5.08. The van der Waals surface area contributed by atoms with Gasteiger partial charge in [0.15, 0.2) is 17.1 Å². The molecule has 0 atom stereocenters. The maximum atomic E-state index is 13.6. The molecule has 0 saturated carbocycles. The summed E-state index contributed by atoms with van der Waals surface area (Å²) in [6.07, 6.45) is 6.16. The van der Waals surface area contributed by atoms with E-state index in [1.807, 2.05) is 55.9 Å². The van der Waals surface area contributed by atoms with Crippen molar-refractivity contribution in [2.45, 2.75) is 44.9 Å². The molecule has 0 radical (unpaired) electrons. The largest absolute Gasteiger partial charge is 0.490 e. The molecule has 1 amide bonds. The van der Waals surface area contributed by atoms with Crippen LogP contribution in [-0.4, -0.2) is 80.8 Å². The van der Waals surface area contributed by atoms with Gasteiger partial charge in [0.05, 0.1) is 23.6 Å². The molecule has 1 saturated heterocycles. The number of hydrogen-bond donors (Lipinski definition) is 3. The smallest absolute Gasteiger partial charge is 0.489 e. The average molecular weight is 654 g/mol. The first-order valence-corrected chi connectivity index (χ1v) is 14.8. The predicted molar refractivity (Wildman–Crippen MR) is 168 cm³/mol. The molecular weight excluding hydrogens is 619 g/mol. The molecule has 1 fully saturated rings. The Morgan fingerprint density at radius 2 is 1.87 bits per heavy atom. The molecule has 248 valence electrons. The first-order chi connectivity index (χ1) is 22.3. The Morgan fingerprint density at radius 1 is 1.17 bits per heavy atom. The number of carboxylic acid groups (broad SMARTS) is 1. The van der Waals surface area contributed by atoms with Gasteiger partial charge in [0, 0.05) is 87.7 Å². The van der Waals surface area contributed by atoms with Gasteiger partial charge in [-0.25, -0.2) is 9.78 Å². The van der Waals surface area contributed by atoms with Crippen LogP contribution in [0.3, 0.4) is 0 Å². The lowest BCUT2D eigenvalue weighted by atomic mass is 10.1. The number of anilines is 2. The van der Waals surface area contributed by atoms with Crippen LogP contribution in [0.15, 0.2) is 40.8 Å². The highest BCUT2D eigenvalue weighted by Gasteiger charge is 2.39. The number of hydrogen-bond acceptors (Lipinski definition) is 9. The first kappa shape index (κ1) is 33.2. The topological polar surface area (TPSA) is 151 Å². The summed E-state index contributed by atoms with van der Waals surface area (Å²) < 4.78 is 41.6. The van der Waals surface area contributed by atoms with Crippen molar-refractivity contribution in [3.05, 3.63) is 47.5 Å². The fourth-order valence-corrected chi connectivity index (χ4v) is 5.28. The van der Waals surface area contributed by atoms with E-state index in [1.54, 1.807) is 4.68 Å². The molecule has 0 aliphatic carbocycles. The average Bonchev–Trinajstić information content (AvgIpc) is 3.59. The Kier molecular flexibility index (Phi) is 9.38. The number of carbonyl (C=O) groups is 2. The van der Waals surface area contributed by atoms with Crippen molar-refractivity contribution in [3.63, 3.8) is 0 Å². The van der Waals surface area contributed by atoms with Crippen LogP contribution in [0.1, 0.15) is 41.0 Å². The number of carbonyl (C=O) groups excluding carboxylic acids is 1. The molecule has 0 spiro atoms. The molecule has 2 aliphatic rings. The summed E-state index contributed by atoms with van der Waals surface area (Å²) in [7, 11) is 1.88. The van der Waals surface area contributed by atoms with E-state index in [0.717, 1.165) is 55.1 Å². The van der Waals surface area contributed by atoms with Crippen molar-refractivity contribution < 1.29 is 32.6 Å². The highest BCUT2D eigenvalue weighted by atomic mass is 19.4. The predicted octanol–water partition coefficient (Wildman–Crippen LogP) is 4.48. The van der Waals surface area contributed by atoms with Crippen molar-refractivity contribution in [2.24, 2.45) is 17.3 Å². The number of ether oxygens (including phenoxy) is 1. The van der Waals surface area contributed by atoms with E-state index < -0.39 is 17.8 Å². The third-order valence-corrected chi connectivity index (χ3v) is 7.94. The second-order valence-corrected chi connectivity index (χ2v) is 11.2. The second kappa shape index (κ2) is 13.3. The maximum Gasteiger partial charge on any atom is 0.490 e. The number of aromatic nitrogens is 4. The summed E-state index contributed by atoms with van der Waals surface area (Å²) in [5.41, 5.74) is 5.03. The number of imidazole rings is 1. The van der Waals surface area contributed by atoms with Crippen LogP contribution in [0.2, 0.25) is 0 Å². The minimum Gasteiger partial charge on any atom is -0.489 e. The number of amides is 1. The standard InChI is InChI=1S/C29H33N9O2.C2HF3O2/c1-5-6-9-29(34-35-29)10-15-40-25-16-21(17-38-20(3)19(2)31-27(25)38)32-28(39)22-7-8-24(37-13-11-30-12-14-37)23-18-36(4)33-26(22)23;3-2(4,5)1(6)7/h1,7-8,16-18,30H,6,9-15H2,2-4H3,(H,32,39);(H,6,7). The number of alkyl halides is 3. The number of pyridine rings is 1. The van der Waals surface area contributed by atoms with E-state index in [0.29, 0.717) is 47.6 Å². The fraction of sp³-hybridized carbons (Fsp3) is 0.419. The fourth-order valence-electron chi connectivity index (χ4n) is 5.28. The zero-order chi connectivity index (χ0) is 33.9. The summed E-state index contributed by atoms with van der Waals surface area (Å²) in [5.74, 6) is 0.240. The maximum absolute atomic E-state index is 13.6. The quantitative estimate of drug-likeness (QED) is 0.224. The molecule has 0 unspecified atom stereocenters. The second-order valence-electron chi connectivity index (χ2n) is 11.2. The van der Waals surface area contributed by atoms with Crippen molar-refractivity contribution in [3.8, 4) is 18.1 Å². The van der Waals surface area contributed by atoms with Gasteiger partial charge in [-0.05, 0) is 26.0 Å². The summed E-state index contributed by atoms with van der Waals surface area (Å²) in [4.78, 5) is 29.6. The molecule has 0 bridgehead atoms. The Balaban J connectivity index is 0.000000559. The number of fused-ring (bicyclic) bond motifs is 2. The number of benzene rings is 1. The van der Waals surface area contributed by atoms with Crippen LogP contribution in [0, 0.1) is 26.2 Å². The Hall–Kier alpha value is -5.17. The molecule has 47 heavy (non-hydrogen) atoms. The van der Waals surface area contributed by atoms with Gasteiger partial charge in [-0.2, -0.15) is 28.5 Å². The number of aliphatic carboxylic acids is 1. The van der Waals surface area contributed by atoms with Gasteiger partial charge in [0.2, 0.25) is 0 Å². The molecule has 4 aromatic rings. The molecule has 3 N–H and O–H groups in total. The van der Waals surface area contributed by atoms with Gasteiger partial charge in [-0.1, -0.05) is 0 Å². The SMILES string of the molecule is C#CCCC1(CCOc2cc(NC(=O)c3ccc(N4CCNCC4)c4cn(C)nc34)cn3c(C)c(C)nc23)N=N1.O=C(O)C(F)(F)F. The molecule has 13 nitrogen and oxygen atoms in total. The molecule has 16 heteroatoms. The number of nitrogens with one attached hydrogen (secondary N) is 2.